The Hall–Kier alpha value is -2.96. The van der Waals surface area contributed by atoms with Gasteiger partial charge in [0.2, 0.25) is 0 Å². The summed E-state index contributed by atoms with van der Waals surface area (Å²) in [7, 11) is -3.03. The van der Waals surface area contributed by atoms with Crippen LogP contribution in [-0.4, -0.2) is 4.98 Å². The lowest BCUT2D eigenvalue weighted by Gasteiger charge is -2.21. The van der Waals surface area contributed by atoms with Crippen LogP contribution in [0.15, 0.2) is 97.3 Å². The Kier molecular flexibility index (Phi) is 3.41. The van der Waals surface area contributed by atoms with Gasteiger partial charge in [0.25, 0.3) is 0 Å². The van der Waals surface area contributed by atoms with Gasteiger partial charge in [-0.3, -0.25) is 4.98 Å². The van der Waals surface area contributed by atoms with E-state index in [9.17, 15) is 4.57 Å². The third-order valence-corrected chi connectivity index (χ3v) is 8.14. The first-order chi connectivity index (χ1) is 12.8. The molecule has 0 aliphatic carbocycles. The summed E-state index contributed by atoms with van der Waals surface area (Å²) in [6.07, 6.45) is 3.56. The molecule has 2 nitrogen and oxygen atoms in total. The van der Waals surface area contributed by atoms with Gasteiger partial charge in [0.05, 0.1) is 0 Å². The molecule has 1 aliphatic heterocycles. The summed E-state index contributed by atoms with van der Waals surface area (Å²) < 4.78 is 14.7. The van der Waals surface area contributed by atoms with Crippen molar-refractivity contribution in [3.8, 4) is 22.3 Å². The molecule has 4 aromatic rings. The minimum Gasteiger partial charge on any atom is -0.309 e. The molecule has 0 spiro atoms. The van der Waals surface area contributed by atoms with Gasteiger partial charge in [0.15, 0.2) is 7.14 Å². The predicted molar refractivity (Wildman–Crippen MR) is 108 cm³/mol. The van der Waals surface area contributed by atoms with Crippen molar-refractivity contribution >= 4 is 23.1 Å². The number of hydrogen-bond donors (Lipinski definition) is 0. The Labute approximate surface area is 152 Å². The normalized spacial score (nSPS) is 17.5. The zero-order valence-electron chi connectivity index (χ0n) is 14.0. The average Bonchev–Trinajstić information content (AvgIpc) is 2.82. The van der Waals surface area contributed by atoms with Crippen molar-refractivity contribution in [3.05, 3.63) is 97.3 Å². The molecule has 1 unspecified atom stereocenters. The van der Waals surface area contributed by atoms with Crippen LogP contribution in [0.3, 0.4) is 0 Å². The number of hydrogen-bond acceptors (Lipinski definition) is 2. The first kappa shape index (κ1) is 15.3. The maximum absolute atomic E-state index is 14.7. The third kappa shape index (κ3) is 2.06. The van der Waals surface area contributed by atoms with Crippen molar-refractivity contribution in [2.24, 2.45) is 0 Å². The van der Waals surface area contributed by atoms with E-state index in [1.54, 1.807) is 12.4 Å². The standard InChI is InChI=1S/C23H16NOP/c25-26(17-8-2-1-3-9-17)22-13-7-6-12-20(22)18-10-4-5-11-19(18)21-14-15-24-16-23(21)26/h1-16H. The van der Waals surface area contributed by atoms with E-state index in [2.05, 4.69) is 23.2 Å². The summed E-state index contributed by atoms with van der Waals surface area (Å²) in [5.74, 6) is 0. The summed E-state index contributed by atoms with van der Waals surface area (Å²) in [5, 5.41) is 2.53. The summed E-state index contributed by atoms with van der Waals surface area (Å²) in [6.45, 7) is 0. The number of rotatable bonds is 1. The molecule has 0 radical (unpaired) electrons. The summed E-state index contributed by atoms with van der Waals surface area (Å²) in [6, 6.07) is 28.1. The molecule has 26 heavy (non-hydrogen) atoms. The fraction of sp³-hybridized carbons (Fsp3) is 0. The number of fused-ring (bicyclic) bond motifs is 5. The monoisotopic (exact) mass is 353 g/mol. The fourth-order valence-corrected chi connectivity index (χ4v) is 6.84. The van der Waals surface area contributed by atoms with E-state index in [4.69, 9.17) is 0 Å². The molecule has 3 heteroatoms. The van der Waals surface area contributed by atoms with Crippen LogP contribution < -0.4 is 15.9 Å². The number of aromatic nitrogens is 1. The molecule has 1 aromatic heterocycles. The molecule has 2 heterocycles. The van der Waals surface area contributed by atoms with Crippen molar-refractivity contribution in [3.63, 3.8) is 0 Å². The van der Waals surface area contributed by atoms with Gasteiger partial charge in [0, 0.05) is 28.3 Å². The molecule has 0 amide bonds. The van der Waals surface area contributed by atoms with Crippen LogP contribution in [-0.2, 0) is 4.57 Å². The molecule has 0 saturated heterocycles. The molecule has 1 atom stereocenters. The molecule has 5 rings (SSSR count). The highest BCUT2D eigenvalue weighted by Gasteiger charge is 2.37. The van der Waals surface area contributed by atoms with E-state index < -0.39 is 7.14 Å². The highest BCUT2D eigenvalue weighted by atomic mass is 31.2. The predicted octanol–water partition coefficient (Wildman–Crippen LogP) is 4.37. The lowest BCUT2D eigenvalue weighted by atomic mass is 9.95. The summed E-state index contributed by atoms with van der Waals surface area (Å²) in [5.41, 5.74) is 4.25. The molecule has 0 bridgehead atoms. The molecule has 0 fully saturated rings. The largest absolute Gasteiger partial charge is 0.309 e. The smallest absolute Gasteiger partial charge is 0.173 e. The van der Waals surface area contributed by atoms with E-state index in [1.807, 2.05) is 66.7 Å². The maximum atomic E-state index is 14.7. The Morgan fingerprint density at radius 3 is 1.88 bits per heavy atom. The Bertz CT molecular complexity index is 1100. The van der Waals surface area contributed by atoms with Crippen LogP contribution in [0, 0.1) is 0 Å². The van der Waals surface area contributed by atoms with E-state index in [0.717, 1.165) is 38.2 Å². The van der Waals surface area contributed by atoms with E-state index in [1.165, 1.54) is 0 Å². The van der Waals surface area contributed by atoms with E-state index in [-0.39, 0.29) is 0 Å². The van der Waals surface area contributed by atoms with E-state index >= 15 is 0 Å². The SMILES string of the molecule is O=P1(c2ccccc2)c2ccccc2-c2ccccc2-c2ccncc21. The van der Waals surface area contributed by atoms with E-state index in [0.29, 0.717) is 0 Å². The second kappa shape index (κ2) is 5.79. The second-order valence-electron chi connectivity index (χ2n) is 6.40. The summed E-state index contributed by atoms with van der Waals surface area (Å²) >= 11 is 0. The minimum atomic E-state index is -3.03. The van der Waals surface area contributed by atoms with Crippen LogP contribution in [0.2, 0.25) is 0 Å². The third-order valence-electron chi connectivity index (χ3n) is 5.01. The highest BCUT2D eigenvalue weighted by molar-refractivity contribution is 7.85. The van der Waals surface area contributed by atoms with Crippen molar-refractivity contribution in [1.29, 1.82) is 0 Å². The van der Waals surface area contributed by atoms with Crippen molar-refractivity contribution in [2.45, 2.75) is 0 Å². The van der Waals surface area contributed by atoms with Crippen LogP contribution in [0.4, 0.5) is 0 Å². The topological polar surface area (TPSA) is 30.0 Å². The number of nitrogens with zero attached hydrogens (tertiary/aromatic N) is 1. The first-order valence-electron chi connectivity index (χ1n) is 8.60. The zero-order chi connectivity index (χ0) is 17.6. The minimum absolute atomic E-state index is 0.809. The molecule has 1 aliphatic rings. The van der Waals surface area contributed by atoms with Crippen LogP contribution in [0.25, 0.3) is 22.3 Å². The van der Waals surface area contributed by atoms with Gasteiger partial charge in [-0.2, -0.15) is 0 Å². The molecule has 3 aromatic carbocycles. The van der Waals surface area contributed by atoms with Gasteiger partial charge in [-0.25, -0.2) is 0 Å². The highest BCUT2D eigenvalue weighted by Crippen LogP contribution is 2.51. The quantitative estimate of drug-likeness (QED) is 0.419. The lowest BCUT2D eigenvalue weighted by molar-refractivity contribution is 0.592. The number of benzene rings is 3. The van der Waals surface area contributed by atoms with Gasteiger partial charge >= 0.3 is 0 Å². The fourth-order valence-electron chi connectivity index (χ4n) is 3.84. The Morgan fingerprint density at radius 1 is 0.577 bits per heavy atom. The molecular formula is C23H16NOP. The van der Waals surface area contributed by atoms with Crippen LogP contribution in [0.1, 0.15) is 0 Å². The molecule has 0 saturated carbocycles. The first-order valence-corrected chi connectivity index (χ1v) is 10.3. The Morgan fingerprint density at radius 2 is 1.15 bits per heavy atom. The molecule has 0 N–H and O–H groups in total. The second-order valence-corrected chi connectivity index (χ2v) is 9.10. The summed E-state index contributed by atoms with van der Waals surface area (Å²) in [4.78, 5) is 4.33. The average molecular weight is 353 g/mol. The lowest BCUT2D eigenvalue weighted by Crippen LogP contribution is -2.26. The van der Waals surface area contributed by atoms with Gasteiger partial charge in [-0.05, 0) is 28.3 Å². The van der Waals surface area contributed by atoms with Crippen molar-refractivity contribution in [2.75, 3.05) is 0 Å². The van der Waals surface area contributed by atoms with Crippen molar-refractivity contribution in [1.82, 2.24) is 4.98 Å². The van der Waals surface area contributed by atoms with Gasteiger partial charge in [0.1, 0.15) is 0 Å². The van der Waals surface area contributed by atoms with Crippen LogP contribution in [0.5, 0.6) is 0 Å². The van der Waals surface area contributed by atoms with Gasteiger partial charge in [-0.15, -0.1) is 0 Å². The zero-order valence-corrected chi connectivity index (χ0v) is 14.9. The van der Waals surface area contributed by atoms with Crippen LogP contribution >= 0.6 is 7.14 Å². The van der Waals surface area contributed by atoms with Gasteiger partial charge < -0.3 is 4.57 Å². The number of pyridine rings is 1. The Balaban J connectivity index is 2.01. The van der Waals surface area contributed by atoms with Crippen molar-refractivity contribution < 1.29 is 4.57 Å². The van der Waals surface area contributed by atoms with Gasteiger partial charge in [-0.1, -0.05) is 78.9 Å². The molecular weight excluding hydrogens is 337 g/mol. The maximum Gasteiger partial charge on any atom is 0.173 e. The molecule has 124 valence electrons.